The molecule has 0 aliphatic rings. The molecule has 4 nitrogen and oxygen atoms in total. The zero-order valence-corrected chi connectivity index (χ0v) is 13.7. The van der Waals surface area contributed by atoms with E-state index in [1.54, 1.807) is 31.5 Å². The van der Waals surface area contributed by atoms with Crippen molar-refractivity contribution >= 4 is 5.78 Å². The standard InChI is InChI=1S/C19H21NO3/c1-20(2)12-11-18(21)17-10-9-16(22-3)13-19(17)23-14-15-7-5-4-6-8-15/h4-13H,14H2,1-3H3/b12-11+. The summed E-state index contributed by atoms with van der Waals surface area (Å²) in [7, 11) is 5.32. The minimum Gasteiger partial charge on any atom is -0.497 e. The van der Waals surface area contributed by atoms with Crippen molar-refractivity contribution in [2.75, 3.05) is 21.2 Å². The molecule has 0 saturated heterocycles. The number of nitrogens with zero attached hydrogens (tertiary/aromatic N) is 1. The van der Waals surface area contributed by atoms with Crippen LogP contribution in [0.2, 0.25) is 0 Å². The van der Waals surface area contributed by atoms with Gasteiger partial charge in [0.25, 0.3) is 0 Å². The molecule has 2 aromatic carbocycles. The normalized spacial score (nSPS) is 10.6. The molecule has 4 heteroatoms. The fourth-order valence-corrected chi connectivity index (χ4v) is 1.99. The minimum atomic E-state index is -0.107. The summed E-state index contributed by atoms with van der Waals surface area (Å²) in [6.07, 6.45) is 3.24. The summed E-state index contributed by atoms with van der Waals surface area (Å²) >= 11 is 0. The van der Waals surface area contributed by atoms with Crippen molar-refractivity contribution in [3.63, 3.8) is 0 Å². The van der Waals surface area contributed by atoms with Gasteiger partial charge in [-0.2, -0.15) is 0 Å². The molecule has 0 fully saturated rings. The molecule has 120 valence electrons. The first-order valence-electron chi connectivity index (χ1n) is 7.34. The summed E-state index contributed by atoms with van der Waals surface area (Å²) in [5.41, 5.74) is 1.55. The van der Waals surface area contributed by atoms with E-state index in [9.17, 15) is 4.79 Å². The number of hydrogen-bond donors (Lipinski definition) is 0. The SMILES string of the molecule is COc1ccc(C(=O)/C=C/N(C)C)c(OCc2ccccc2)c1. The van der Waals surface area contributed by atoms with Crippen LogP contribution in [0.1, 0.15) is 15.9 Å². The average molecular weight is 311 g/mol. The molecule has 0 amide bonds. The maximum atomic E-state index is 12.3. The fraction of sp³-hybridized carbons (Fsp3) is 0.211. The number of allylic oxidation sites excluding steroid dienone is 1. The molecule has 0 aromatic heterocycles. The van der Waals surface area contributed by atoms with Crippen LogP contribution in [0.4, 0.5) is 0 Å². The van der Waals surface area contributed by atoms with E-state index in [-0.39, 0.29) is 5.78 Å². The monoisotopic (exact) mass is 311 g/mol. The number of hydrogen-bond acceptors (Lipinski definition) is 4. The van der Waals surface area contributed by atoms with E-state index < -0.39 is 0 Å². The summed E-state index contributed by atoms with van der Waals surface area (Å²) < 4.78 is 11.1. The Bertz CT molecular complexity index is 678. The quantitative estimate of drug-likeness (QED) is 0.579. The first kappa shape index (κ1) is 16.6. The third kappa shape index (κ3) is 4.88. The van der Waals surface area contributed by atoms with Crippen molar-refractivity contribution in [1.29, 1.82) is 0 Å². The maximum Gasteiger partial charge on any atom is 0.191 e. The molecule has 2 aromatic rings. The van der Waals surface area contributed by atoms with Gasteiger partial charge in [0, 0.05) is 32.4 Å². The number of rotatable bonds is 7. The molecular weight excluding hydrogens is 290 g/mol. The number of methoxy groups -OCH3 is 1. The highest BCUT2D eigenvalue weighted by atomic mass is 16.5. The van der Waals surface area contributed by atoms with Crippen molar-refractivity contribution in [2.45, 2.75) is 6.61 Å². The van der Waals surface area contributed by atoms with Crippen molar-refractivity contribution in [1.82, 2.24) is 4.90 Å². The maximum absolute atomic E-state index is 12.3. The van der Waals surface area contributed by atoms with Crippen LogP contribution in [0.3, 0.4) is 0 Å². The van der Waals surface area contributed by atoms with Gasteiger partial charge in [0.2, 0.25) is 0 Å². The summed E-state index contributed by atoms with van der Waals surface area (Å²) in [4.78, 5) is 14.2. The molecule has 0 N–H and O–H groups in total. The van der Waals surface area contributed by atoms with Gasteiger partial charge in [-0.05, 0) is 17.7 Å². The van der Waals surface area contributed by atoms with E-state index in [0.29, 0.717) is 23.7 Å². The second kappa shape index (κ2) is 8.03. The van der Waals surface area contributed by atoms with E-state index >= 15 is 0 Å². The smallest absolute Gasteiger partial charge is 0.191 e. The molecule has 0 heterocycles. The van der Waals surface area contributed by atoms with E-state index in [0.717, 1.165) is 5.56 Å². The molecule has 0 unspecified atom stereocenters. The second-order valence-electron chi connectivity index (χ2n) is 5.28. The summed E-state index contributed by atoms with van der Waals surface area (Å²) in [5.74, 6) is 1.06. The Balaban J connectivity index is 2.22. The van der Waals surface area contributed by atoms with Crippen molar-refractivity contribution in [3.8, 4) is 11.5 Å². The van der Waals surface area contributed by atoms with Gasteiger partial charge in [-0.15, -0.1) is 0 Å². The van der Waals surface area contributed by atoms with Crippen LogP contribution in [-0.2, 0) is 6.61 Å². The van der Waals surface area contributed by atoms with Crippen LogP contribution in [0.5, 0.6) is 11.5 Å². The van der Waals surface area contributed by atoms with E-state index in [1.165, 1.54) is 6.08 Å². The highest BCUT2D eigenvalue weighted by Crippen LogP contribution is 2.26. The van der Waals surface area contributed by atoms with Crippen LogP contribution < -0.4 is 9.47 Å². The Morgan fingerprint density at radius 1 is 1.13 bits per heavy atom. The molecule has 2 rings (SSSR count). The Morgan fingerprint density at radius 2 is 1.87 bits per heavy atom. The van der Waals surface area contributed by atoms with Crippen molar-refractivity contribution in [2.24, 2.45) is 0 Å². The average Bonchev–Trinajstić information content (AvgIpc) is 2.58. The Morgan fingerprint density at radius 3 is 2.52 bits per heavy atom. The summed E-state index contributed by atoms with van der Waals surface area (Å²) in [6, 6.07) is 15.0. The number of ether oxygens (including phenoxy) is 2. The zero-order valence-electron chi connectivity index (χ0n) is 13.7. The van der Waals surface area contributed by atoms with E-state index in [2.05, 4.69) is 0 Å². The number of carbonyl (C=O) groups is 1. The first-order chi connectivity index (χ1) is 11.1. The second-order valence-corrected chi connectivity index (χ2v) is 5.28. The predicted molar refractivity (Wildman–Crippen MR) is 90.9 cm³/mol. The van der Waals surface area contributed by atoms with Crippen molar-refractivity contribution in [3.05, 3.63) is 71.9 Å². The van der Waals surface area contributed by atoms with Gasteiger partial charge in [-0.3, -0.25) is 4.79 Å². The van der Waals surface area contributed by atoms with Gasteiger partial charge in [-0.1, -0.05) is 30.3 Å². The zero-order chi connectivity index (χ0) is 16.7. The number of benzene rings is 2. The van der Waals surface area contributed by atoms with Crippen molar-refractivity contribution < 1.29 is 14.3 Å². The lowest BCUT2D eigenvalue weighted by Crippen LogP contribution is -2.05. The minimum absolute atomic E-state index is 0.107. The van der Waals surface area contributed by atoms with E-state index in [4.69, 9.17) is 9.47 Å². The van der Waals surface area contributed by atoms with Crippen LogP contribution in [-0.4, -0.2) is 31.9 Å². The molecule has 0 radical (unpaired) electrons. The highest BCUT2D eigenvalue weighted by molar-refractivity contribution is 6.06. The summed E-state index contributed by atoms with van der Waals surface area (Å²) in [6.45, 7) is 0.395. The lowest BCUT2D eigenvalue weighted by molar-refractivity contribution is 0.104. The first-order valence-corrected chi connectivity index (χ1v) is 7.34. The van der Waals surface area contributed by atoms with Gasteiger partial charge < -0.3 is 14.4 Å². The molecule has 0 bridgehead atoms. The Kier molecular flexibility index (Phi) is 5.80. The third-order valence-corrected chi connectivity index (χ3v) is 3.22. The molecular formula is C19H21NO3. The lowest BCUT2D eigenvalue weighted by Gasteiger charge is -2.12. The van der Waals surface area contributed by atoms with Gasteiger partial charge in [0.1, 0.15) is 18.1 Å². The van der Waals surface area contributed by atoms with Crippen LogP contribution in [0.25, 0.3) is 0 Å². The van der Waals surface area contributed by atoms with E-state index in [1.807, 2.05) is 49.3 Å². The predicted octanol–water partition coefficient (Wildman–Crippen LogP) is 3.53. The Hall–Kier alpha value is -2.75. The third-order valence-electron chi connectivity index (χ3n) is 3.22. The largest absolute Gasteiger partial charge is 0.497 e. The highest BCUT2D eigenvalue weighted by Gasteiger charge is 2.12. The van der Waals surface area contributed by atoms with Gasteiger partial charge in [0.05, 0.1) is 12.7 Å². The van der Waals surface area contributed by atoms with Gasteiger partial charge in [-0.25, -0.2) is 0 Å². The number of carbonyl (C=O) groups excluding carboxylic acids is 1. The molecule has 0 aliphatic heterocycles. The molecule has 0 aliphatic carbocycles. The van der Waals surface area contributed by atoms with Gasteiger partial charge >= 0.3 is 0 Å². The molecule has 0 atom stereocenters. The molecule has 0 spiro atoms. The molecule has 23 heavy (non-hydrogen) atoms. The fourth-order valence-electron chi connectivity index (χ4n) is 1.99. The Labute approximate surface area is 137 Å². The lowest BCUT2D eigenvalue weighted by atomic mass is 10.1. The van der Waals surface area contributed by atoms with Crippen LogP contribution in [0.15, 0.2) is 60.8 Å². The summed E-state index contributed by atoms with van der Waals surface area (Å²) in [5, 5.41) is 0. The van der Waals surface area contributed by atoms with Crippen LogP contribution in [0, 0.1) is 0 Å². The van der Waals surface area contributed by atoms with Gasteiger partial charge in [0.15, 0.2) is 5.78 Å². The van der Waals surface area contributed by atoms with Crippen LogP contribution >= 0.6 is 0 Å². The number of ketones is 1. The molecule has 0 saturated carbocycles. The topological polar surface area (TPSA) is 38.8 Å².